The summed E-state index contributed by atoms with van der Waals surface area (Å²) in [5.74, 6) is -0.853. The van der Waals surface area contributed by atoms with Gasteiger partial charge in [-0.05, 0) is 6.07 Å². The molecule has 0 fully saturated rings. The van der Waals surface area contributed by atoms with E-state index in [1.807, 2.05) is 18.2 Å². The van der Waals surface area contributed by atoms with Gasteiger partial charge in [-0.1, -0.05) is 0 Å². The number of rotatable bonds is 3. The van der Waals surface area contributed by atoms with Crippen molar-refractivity contribution in [1.29, 1.82) is 0 Å². The van der Waals surface area contributed by atoms with Crippen molar-refractivity contribution >= 4 is 5.97 Å². The van der Waals surface area contributed by atoms with E-state index in [9.17, 15) is 4.79 Å². The molecule has 0 aliphatic heterocycles. The molecule has 5 heteroatoms. The Morgan fingerprint density at radius 2 is 2.13 bits per heavy atom. The minimum Gasteiger partial charge on any atom is -0.477 e. The Morgan fingerprint density at radius 1 is 1.40 bits per heavy atom. The maximum absolute atomic E-state index is 10.4. The Balaban J connectivity index is 2.21. The van der Waals surface area contributed by atoms with E-state index < -0.39 is 5.97 Å². The SMILES string of the molecule is O=C(O)C[n+]1ccc(-c2ccn[nH]2)cc1. The van der Waals surface area contributed by atoms with E-state index in [4.69, 9.17) is 5.11 Å². The summed E-state index contributed by atoms with van der Waals surface area (Å²) >= 11 is 0. The van der Waals surface area contributed by atoms with Crippen LogP contribution in [0.25, 0.3) is 11.3 Å². The number of pyridine rings is 1. The Bertz CT molecular complexity index is 448. The van der Waals surface area contributed by atoms with Gasteiger partial charge in [0.1, 0.15) is 0 Å². The second kappa shape index (κ2) is 3.91. The molecule has 2 aromatic rings. The van der Waals surface area contributed by atoms with Crippen LogP contribution in [0, 0.1) is 0 Å². The highest BCUT2D eigenvalue weighted by Gasteiger charge is 2.07. The standard InChI is InChI=1S/C10H9N3O2/c14-10(15)7-13-5-2-8(3-6-13)9-1-4-11-12-9/h1-6H,7H2,(H,14,15)/p+1. The van der Waals surface area contributed by atoms with Gasteiger partial charge in [0.15, 0.2) is 12.4 Å². The molecule has 0 saturated heterocycles. The highest BCUT2D eigenvalue weighted by molar-refractivity contribution is 5.64. The molecule has 2 rings (SSSR count). The summed E-state index contributed by atoms with van der Waals surface area (Å²) < 4.78 is 1.60. The predicted molar refractivity (Wildman–Crippen MR) is 51.9 cm³/mol. The van der Waals surface area contributed by atoms with Crippen LogP contribution in [0.5, 0.6) is 0 Å². The first kappa shape index (κ1) is 9.39. The number of hydrogen-bond acceptors (Lipinski definition) is 2. The van der Waals surface area contributed by atoms with Crippen molar-refractivity contribution < 1.29 is 14.5 Å². The molecule has 2 N–H and O–H groups in total. The van der Waals surface area contributed by atoms with Crippen LogP contribution in [-0.4, -0.2) is 21.3 Å². The molecule has 0 saturated carbocycles. The predicted octanol–water partition coefficient (Wildman–Crippen LogP) is 0.449. The van der Waals surface area contributed by atoms with Crippen LogP contribution in [0.4, 0.5) is 0 Å². The van der Waals surface area contributed by atoms with Crippen molar-refractivity contribution in [3.05, 3.63) is 36.8 Å². The molecule has 0 radical (unpaired) electrons. The molecule has 15 heavy (non-hydrogen) atoms. The monoisotopic (exact) mass is 204 g/mol. The highest BCUT2D eigenvalue weighted by atomic mass is 16.4. The molecular weight excluding hydrogens is 194 g/mol. The smallest absolute Gasteiger partial charge is 0.370 e. The van der Waals surface area contributed by atoms with Gasteiger partial charge in [0.2, 0.25) is 6.54 Å². The average molecular weight is 204 g/mol. The van der Waals surface area contributed by atoms with E-state index >= 15 is 0 Å². The van der Waals surface area contributed by atoms with E-state index in [0.717, 1.165) is 11.3 Å². The van der Waals surface area contributed by atoms with Gasteiger partial charge in [-0.25, -0.2) is 4.79 Å². The summed E-state index contributed by atoms with van der Waals surface area (Å²) in [5, 5.41) is 15.3. The molecule has 0 amide bonds. The van der Waals surface area contributed by atoms with Crippen LogP contribution >= 0.6 is 0 Å². The zero-order valence-corrected chi connectivity index (χ0v) is 7.92. The summed E-state index contributed by atoms with van der Waals surface area (Å²) in [6.45, 7) is -0.0245. The van der Waals surface area contributed by atoms with Crippen LogP contribution in [0.2, 0.25) is 0 Å². The van der Waals surface area contributed by atoms with Crippen LogP contribution in [0.15, 0.2) is 36.8 Å². The van der Waals surface area contributed by atoms with Gasteiger partial charge in [0.05, 0.1) is 5.69 Å². The quantitative estimate of drug-likeness (QED) is 0.713. The molecule has 0 bridgehead atoms. The molecule has 0 spiro atoms. The molecule has 0 aliphatic carbocycles. The maximum atomic E-state index is 10.4. The first-order valence-electron chi connectivity index (χ1n) is 4.46. The van der Waals surface area contributed by atoms with Crippen molar-refractivity contribution in [1.82, 2.24) is 10.2 Å². The lowest BCUT2D eigenvalue weighted by molar-refractivity contribution is -0.685. The zero-order chi connectivity index (χ0) is 10.7. The van der Waals surface area contributed by atoms with Crippen molar-refractivity contribution in [2.24, 2.45) is 0 Å². The zero-order valence-electron chi connectivity index (χ0n) is 7.92. The number of aromatic nitrogens is 3. The number of H-pyrrole nitrogens is 1. The fourth-order valence-electron chi connectivity index (χ4n) is 1.32. The Morgan fingerprint density at radius 3 is 2.67 bits per heavy atom. The number of nitrogens with one attached hydrogen (secondary N) is 1. The molecule has 2 heterocycles. The lowest BCUT2D eigenvalue weighted by Gasteiger charge is -1.95. The summed E-state index contributed by atoms with van der Waals surface area (Å²) in [4.78, 5) is 10.4. The Hall–Kier alpha value is -2.17. The fourth-order valence-corrected chi connectivity index (χ4v) is 1.32. The third-order valence-corrected chi connectivity index (χ3v) is 2.02. The topological polar surface area (TPSA) is 69.9 Å². The van der Waals surface area contributed by atoms with Crippen LogP contribution in [0.3, 0.4) is 0 Å². The minimum atomic E-state index is -0.853. The van der Waals surface area contributed by atoms with E-state index in [2.05, 4.69) is 10.2 Å². The molecule has 0 unspecified atom stereocenters. The normalized spacial score (nSPS) is 10.1. The van der Waals surface area contributed by atoms with E-state index in [0.29, 0.717) is 0 Å². The lowest BCUT2D eigenvalue weighted by atomic mass is 10.2. The second-order valence-electron chi connectivity index (χ2n) is 3.12. The lowest BCUT2D eigenvalue weighted by Crippen LogP contribution is -2.36. The van der Waals surface area contributed by atoms with E-state index in [-0.39, 0.29) is 6.54 Å². The van der Waals surface area contributed by atoms with Gasteiger partial charge in [-0.2, -0.15) is 9.67 Å². The molecule has 2 aromatic heterocycles. The van der Waals surface area contributed by atoms with Gasteiger partial charge in [-0.3, -0.25) is 5.10 Å². The van der Waals surface area contributed by atoms with Gasteiger partial charge >= 0.3 is 5.97 Å². The van der Waals surface area contributed by atoms with Gasteiger partial charge in [0, 0.05) is 23.9 Å². The first-order valence-corrected chi connectivity index (χ1v) is 4.46. The van der Waals surface area contributed by atoms with Gasteiger partial charge in [0.25, 0.3) is 0 Å². The molecule has 0 aliphatic rings. The van der Waals surface area contributed by atoms with Gasteiger partial charge in [-0.15, -0.1) is 0 Å². The van der Waals surface area contributed by atoms with E-state index in [1.54, 1.807) is 23.2 Å². The highest BCUT2D eigenvalue weighted by Crippen LogP contribution is 2.12. The number of aliphatic carboxylic acids is 1. The molecule has 76 valence electrons. The van der Waals surface area contributed by atoms with Crippen molar-refractivity contribution in [2.75, 3.05) is 0 Å². The third kappa shape index (κ3) is 2.19. The average Bonchev–Trinajstić information content (AvgIpc) is 2.71. The fraction of sp³-hybridized carbons (Fsp3) is 0.100. The van der Waals surface area contributed by atoms with Crippen LogP contribution < -0.4 is 4.57 Å². The van der Waals surface area contributed by atoms with Crippen molar-refractivity contribution in [3.63, 3.8) is 0 Å². The number of nitrogens with zero attached hydrogens (tertiary/aromatic N) is 2. The summed E-state index contributed by atoms with van der Waals surface area (Å²) in [7, 11) is 0. The summed E-state index contributed by atoms with van der Waals surface area (Å²) in [5.41, 5.74) is 1.90. The number of carboxylic acid groups (broad SMARTS) is 1. The van der Waals surface area contributed by atoms with Crippen LogP contribution in [-0.2, 0) is 11.3 Å². The first-order chi connectivity index (χ1) is 7.25. The van der Waals surface area contributed by atoms with Gasteiger partial charge < -0.3 is 5.11 Å². The van der Waals surface area contributed by atoms with Crippen molar-refractivity contribution in [2.45, 2.75) is 6.54 Å². The summed E-state index contributed by atoms with van der Waals surface area (Å²) in [6, 6.07) is 5.55. The summed E-state index contributed by atoms with van der Waals surface area (Å²) in [6.07, 6.45) is 5.13. The largest absolute Gasteiger partial charge is 0.477 e. The number of carboxylic acids is 1. The van der Waals surface area contributed by atoms with Crippen molar-refractivity contribution in [3.8, 4) is 11.3 Å². The Labute approximate surface area is 86.0 Å². The number of carbonyl (C=O) groups is 1. The van der Waals surface area contributed by atoms with Crippen LogP contribution in [0.1, 0.15) is 0 Å². The second-order valence-corrected chi connectivity index (χ2v) is 3.12. The van der Waals surface area contributed by atoms with E-state index in [1.165, 1.54) is 0 Å². The minimum absolute atomic E-state index is 0.0245. The number of aromatic amines is 1. The molecule has 0 atom stereocenters. The molecular formula is C10H10N3O2+. The maximum Gasteiger partial charge on any atom is 0.370 e. The Kier molecular flexibility index (Phi) is 2.45. The molecule has 0 aromatic carbocycles. The molecule has 5 nitrogen and oxygen atoms in total. The third-order valence-electron chi connectivity index (χ3n) is 2.02. The number of hydrogen-bond donors (Lipinski definition) is 2.